The van der Waals surface area contributed by atoms with Gasteiger partial charge in [-0.3, -0.25) is 0 Å². The van der Waals surface area contributed by atoms with Crippen molar-refractivity contribution in [2.45, 2.75) is 38.3 Å². The Morgan fingerprint density at radius 3 is 2.88 bits per heavy atom. The predicted octanol–water partition coefficient (Wildman–Crippen LogP) is 3.52. The van der Waals surface area contributed by atoms with Crippen LogP contribution in [0.4, 0.5) is 5.69 Å². The van der Waals surface area contributed by atoms with Gasteiger partial charge in [-0.2, -0.15) is 0 Å². The number of benzene rings is 1. The molecule has 1 aromatic heterocycles. The molecule has 0 aliphatic heterocycles. The number of rotatable bonds is 3. The molecule has 0 unspecified atom stereocenters. The summed E-state index contributed by atoms with van der Waals surface area (Å²) in [7, 11) is 0. The summed E-state index contributed by atoms with van der Waals surface area (Å²) < 4.78 is 1.34. The molecule has 1 aliphatic rings. The molecule has 0 bridgehead atoms. The maximum Gasteiger partial charge on any atom is 0.0347 e. The zero-order valence-electron chi connectivity index (χ0n) is 9.91. The van der Waals surface area contributed by atoms with Gasteiger partial charge < -0.3 is 11.1 Å². The quantitative estimate of drug-likeness (QED) is 0.813. The third-order valence-corrected chi connectivity index (χ3v) is 4.63. The van der Waals surface area contributed by atoms with E-state index in [2.05, 4.69) is 23.5 Å². The summed E-state index contributed by atoms with van der Waals surface area (Å²) in [6, 6.07) is 9.16. The molecular weight excluding hydrogens is 228 g/mol. The first-order chi connectivity index (χ1) is 8.31. The Labute approximate surface area is 106 Å². The van der Waals surface area contributed by atoms with Crippen molar-refractivity contribution >= 4 is 27.1 Å². The number of anilines is 1. The minimum atomic E-state index is 0.741. The van der Waals surface area contributed by atoms with Gasteiger partial charge in [-0.25, -0.2) is 0 Å². The molecule has 2 aromatic rings. The maximum atomic E-state index is 5.80. The first kappa shape index (κ1) is 11.1. The smallest absolute Gasteiger partial charge is 0.0347 e. The van der Waals surface area contributed by atoms with Gasteiger partial charge in [0.1, 0.15) is 0 Å². The fourth-order valence-electron chi connectivity index (χ4n) is 2.58. The Kier molecular flexibility index (Phi) is 3.04. The molecule has 90 valence electrons. The van der Waals surface area contributed by atoms with E-state index in [4.69, 9.17) is 5.73 Å². The van der Waals surface area contributed by atoms with E-state index in [-0.39, 0.29) is 0 Å². The van der Waals surface area contributed by atoms with Gasteiger partial charge >= 0.3 is 0 Å². The van der Waals surface area contributed by atoms with Gasteiger partial charge in [0.2, 0.25) is 0 Å². The Hall–Kier alpha value is -1.06. The van der Waals surface area contributed by atoms with E-state index in [1.165, 1.54) is 40.6 Å². The second-order valence-corrected chi connectivity index (χ2v) is 6.04. The third kappa shape index (κ3) is 2.45. The molecule has 0 saturated heterocycles. The number of hydrogen-bond donors (Lipinski definition) is 2. The second kappa shape index (κ2) is 4.67. The molecule has 2 nitrogen and oxygen atoms in total. The fraction of sp³-hybridized carbons (Fsp3) is 0.429. The van der Waals surface area contributed by atoms with Gasteiger partial charge in [-0.05, 0) is 42.5 Å². The summed E-state index contributed by atoms with van der Waals surface area (Å²) in [6.45, 7) is 1.00. The topological polar surface area (TPSA) is 38.0 Å². The van der Waals surface area contributed by atoms with Crippen LogP contribution >= 0.6 is 11.3 Å². The van der Waals surface area contributed by atoms with Crippen molar-refractivity contribution in [2.75, 3.05) is 5.73 Å². The Morgan fingerprint density at radius 2 is 2.06 bits per heavy atom. The van der Waals surface area contributed by atoms with Crippen LogP contribution in [0.5, 0.6) is 0 Å². The number of nitrogens with two attached hydrogens (primary N) is 1. The van der Waals surface area contributed by atoms with Crippen molar-refractivity contribution < 1.29 is 0 Å². The van der Waals surface area contributed by atoms with Crippen LogP contribution in [0.2, 0.25) is 0 Å². The normalized spacial score (nSPS) is 16.9. The zero-order valence-corrected chi connectivity index (χ0v) is 10.7. The first-order valence-corrected chi connectivity index (χ1v) is 7.14. The average Bonchev–Trinajstić information content (AvgIpc) is 2.94. The SMILES string of the molecule is Nc1ccc2sc(CNC3CCCC3)cc2c1. The van der Waals surface area contributed by atoms with E-state index < -0.39 is 0 Å². The molecule has 0 spiro atoms. The van der Waals surface area contributed by atoms with Gasteiger partial charge in [0.15, 0.2) is 0 Å². The van der Waals surface area contributed by atoms with Crippen molar-refractivity contribution in [2.24, 2.45) is 0 Å². The van der Waals surface area contributed by atoms with Crippen LogP contribution in [0.3, 0.4) is 0 Å². The molecule has 0 radical (unpaired) electrons. The summed E-state index contributed by atoms with van der Waals surface area (Å²) in [4.78, 5) is 1.41. The van der Waals surface area contributed by atoms with E-state index in [1.807, 2.05) is 17.4 Å². The van der Waals surface area contributed by atoms with Crippen molar-refractivity contribution in [3.8, 4) is 0 Å². The molecule has 3 N–H and O–H groups in total. The van der Waals surface area contributed by atoms with Gasteiger partial charge in [0, 0.05) is 27.9 Å². The van der Waals surface area contributed by atoms with Crippen LogP contribution in [-0.2, 0) is 6.54 Å². The number of hydrogen-bond acceptors (Lipinski definition) is 3. The first-order valence-electron chi connectivity index (χ1n) is 6.32. The largest absolute Gasteiger partial charge is 0.399 e. The maximum absolute atomic E-state index is 5.80. The van der Waals surface area contributed by atoms with E-state index >= 15 is 0 Å². The summed E-state index contributed by atoms with van der Waals surface area (Å²) >= 11 is 1.87. The van der Waals surface area contributed by atoms with Crippen LogP contribution in [-0.4, -0.2) is 6.04 Å². The fourth-order valence-corrected chi connectivity index (χ4v) is 3.57. The summed E-state index contributed by atoms with van der Waals surface area (Å²) in [5.74, 6) is 0. The highest BCUT2D eigenvalue weighted by molar-refractivity contribution is 7.19. The lowest BCUT2D eigenvalue weighted by atomic mass is 10.2. The van der Waals surface area contributed by atoms with Gasteiger partial charge in [0.05, 0.1) is 0 Å². The second-order valence-electron chi connectivity index (χ2n) is 4.87. The minimum Gasteiger partial charge on any atom is -0.399 e. The van der Waals surface area contributed by atoms with E-state index in [0.717, 1.165) is 18.3 Å². The van der Waals surface area contributed by atoms with Crippen molar-refractivity contribution in [1.29, 1.82) is 0 Å². The van der Waals surface area contributed by atoms with Crippen molar-refractivity contribution in [3.63, 3.8) is 0 Å². The monoisotopic (exact) mass is 246 g/mol. The molecule has 1 fully saturated rings. The molecule has 17 heavy (non-hydrogen) atoms. The molecule has 3 rings (SSSR count). The third-order valence-electron chi connectivity index (χ3n) is 3.51. The molecule has 3 heteroatoms. The molecule has 0 amide bonds. The van der Waals surface area contributed by atoms with Crippen LogP contribution < -0.4 is 11.1 Å². The molecular formula is C14H18N2S. The molecule has 1 saturated carbocycles. The standard InChI is InChI=1S/C14H18N2S/c15-11-5-6-14-10(7-11)8-13(17-14)9-16-12-3-1-2-4-12/h5-8,12,16H,1-4,9,15H2. The summed E-state index contributed by atoms with van der Waals surface area (Å²) in [5, 5.41) is 4.93. The highest BCUT2D eigenvalue weighted by Gasteiger charge is 2.14. The van der Waals surface area contributed by atoms with E-state index in [9.17, 15) is 0 Å². The van der Waals surface area contributed by atoms with Gasteiger partial charge in [-0.1, -0.05) is 12.8 Å². The van der Waals surface area contributed by atoms with Crippen molar-refractivity contribution in [1.82, 2.24) is 5.32 Å². The van der Waals surface area contributed by atoms with E-state index in [0.29, 0.717) is 0 Å². The lowest BCUT2D eigenvalue weighted by molar-refractivity contribution is 0.527. The number of nitrogen functional groups attached to an aromatic ring is 1. The molecule has 1 aliphatic carbocycles. The average molecular weight is 246 g/mol. The van der Waals surface area contributed by atoms with Gasteiger partial charge in [0.25, 0.3) is 0 Å². The lowest BCUT2D eigenvalue weighted by Crippen LogP contribution is -2.24. The molecule has 1 heterocycles. The Balaban J connectivity index is 1.72. The summed E-state index contributed by atoms with van der Waals surface area (Å²) in [5.41, 5.74) is 6.65. The highest BCUT2D eigenvalue weighted by atomic mass is 32.1. The van der Waals surface area contributed by atoms with Crippen LogP contribution in [0.25, 0.3) is 10.1 Å². The number of thiophene rings is 1. The number of nitrogens with one attached hydrogen (secondary N) is 1. The van der Waals surface area contributed by atoms with Gasteiger partial charge in [-0.15, -0.1) is 11.3 Å². The van der Waals surface area contributed by atoms with Crippen LogP contribution in [0.15, 0.2) is 24.3 Å². The van der Waals surface area contributed by atoms with E-state index in [1.54, 1.807) is 0 Å². The van der Waals surface area contributed by atoms with Crippen LogP contribution in [0, 0.1) is 0 Å². The Morgan fingerprint density at radius 1 is 1.24 bits per heavy atom. The number of fused-ring (bicyclic) bond motifs is 1. The minimum absolute atomic E-state index is 0.741. The highest BCUT2D eigenvalue weighted by Crippen LogP contribution is 2.27. The zero-order chi connectivity index (χ0) is 11.7. The predicted molar refractivity (Wildman–Crippen MR) is 75.3 cm³/mol. The lowest BCUT2D eigenvalue weighted by Gasteiger charge is -2.09. The van der Waals surface area contributed by atoms with Crippen molar-refractivity contribution in [3.05, 3.63) is 29.1 Å². The Bertz CT molecular complexity index is 512. The summed E-state index contributed by atoms with van der Waals surface area (Å²) in [6.07, 6.45) is 5.47. The molecule has 1 aromatic carbocycles. The van der Waals surface area contributed by atoms with Crippen LogP contribution in [0.1, 0.15) is 30.6 Å². The molecule has 0 atom stereocenters.